The predicted octanol–water partition coefficient (Wildman–Crippen LogP) is 2.84. The van der Waals surface area contributed by atoms with Crippen LogP contribution in [-0.2, 0) is 4.79 Å². The van der Waals surface area contributed by atoms with E-state index in [0.717, 1.165) is 4.47 Å². The quantitative estimate of drug-likeness (QED) is 0.795. The van der Waals surface area contributed by atoms with Crippen LogP contribution in [0.2, 0.25) is 0 Å². The third-order valence-electron chi connectivity index (χ3n) is 3.29. The number of carbonyl (C=O) groups is 1. The Balaban J connectivity index is 1.92. The lowest BCUT2D eigenvalue weighted by molar-refractivity contribution is -0.115. The van der Waals surface area contributed by atoms with Crippen LogP contribution in [0.5, 0.6) is 5.75 Å². The number of amides is 1. The minimum Gasteiger partial charge on any atom is -0.506 e. The summed E-state index contributed by atoms with van der Waals surface area (Å²) in [6.07, 6.45) is 0. The SMILES string of the molecule is N#Cc1ccc(NC2=NCC(=O)N2c2ccccc2Br)c(O)c1. The van der Waals surface area contributed by atoms with Crippen LogP contribution in [0.4, 0.5) is 11.4 Å². The van der Waals surface area contributed by atoms with Gasteiger partial charge in [0.05, 0.1) is 23.0 Å². The normalized spacial score (nSPS) is 13.7. The predicted molar refractivity (Wildman–Crippen MR) is 90.4 cm³/mol. The van der Waals surface area contributed by atoms with Crippen molar-refractivity contribution in [3.63, 3.8) is 0 Å². The number of hydrogen-bond acceptors (Lipinski definition) is 5. The second-order valence-electron chi connectivity index (χ2n) is 4.79. The number of carbonyl (C=O) groups excluding carboxylic acids is 1. The molecule has 0 bridgehead atoms. The van der Waals surface area contributed by atoms with Crippen LogP contribution in [0.1, 0.15) is 5.56 Å². The number of phenols is 1. The third-order valence-corrected chi connectivity index (χ3v) is 3.96. The number of nitrogens with zero attached hydrogens (tertiary/aromatic N) is 3. The molecule has 0 saturated carbocycles. The van der Waals surface area contributed by atoms with Crippen LogP contribution in [0.3, 0.4) is 0 Å². The van der Waals surface area contributed by atoms with Gasteiger partial charge in [-0.25, -0.2) is 9.89 Å². The van der Waals surface area contributed by atoms with Gasteiger partial charge in [-0.15, -0.1) is 0 Å². The molecule has 2 N–H and O–H groups in total. The van der Waals surface area contributed by atoms with Gasteiger partial charge in [0.15, 0.2) is 0 Å². The van der Waals surface area contributed by atoms with Crippen molar-refractivity contribution in [3.8, 4) is 11.8 Å². The van der Waals surface area contributed by atoms with E-state index >= 15 is 0 Å². The fourth-order valence-electron chi connectivity index (χ4n) is 2.21. The van der Waals surface area contributed by atoms with Gasteiger partial charge >= 0.3 is 0 Å². The summed E-state index contributed by atoms with van der Waals surface area (Å²) in [5.41, 5.74) is 1.38. The zero-order valence-electron chi connectivity index (χ0n) is 11.8. The van der Waals surface area contributed by atoms with Gasteiger partial charge in [0, 0.05) is 4.47 Å². The number of nitrogens with one attached hydrogen (secondary N) is 1. The summed E-state index contributed by atoms with van der Waals surface area (Å²) < 4.78 is 0.758. The Morgan fingerprint density at radius 3 is 2.78 bits per heavy atom. The second-order valence-corrected chi connectivity index (χ2v) is 5.64. The van der Waals surface area contributed by atoms with Gasteiger partial charge < -0.3 is 10.4 Å². The van der Waals surface area contributed by atoms with E-state index < -0.39 is 0 Å². The minimum atomic E-state index is -0.174. The maximum absolute atomic E-state index is 12.2. The highest BCUT2D eigenvalue weighted by Crippen LogP contribution is 2.30. The zero-order valence-corrected chi connectivity index (χ0v) is 13.4. The van der Waals surface area contributed by atoms with Crippen LogP contribution in [-0.4, -0.2) is 23.5 Å². The van der Waals surface area contributed by atoms with Crippen molar-refractivity contribution in [1.29, 1.82) is 5.26 Å². The first-order chi connectivity index (χ1) is 11.1. The average Bonchev–Trinajstić information content (AvgIpc) is 2.90. The molecule has 0 spiro atoms. The fourth-order valence-corrected chi connectivity index (χ4v) is 2.67. The summed E-state index contributed by atoms with van der Waals surface area (Å²) in [5.74, 6) is 0.0626. The topological polar surface area (TPSA) is 88.7 Å². The number of anilines is 2. The van der Waals surface area contributed by atoms with Crippen molar-refractivity contribution in [1.82, 2.24) is 0 Å². The maximum atomic E-state index is 12.2. The van der Waals surface area contributed by atoms with E-state index in [1.165, 1.54) is 11.0 Å². The Labute approximate surface area is 140 Å². The van der Waals surface area contributed by atoms with Gasteiger partial charge in [-0.3, -0.25) is 4.79 Å². The first-order valence-electron chi connectivity index (χ1n) is 6.72. The Morgan fingerprint density at radius 2 is 2.09 bits per heavy atom. The van der Waals surface area contributed by atoms with E-state index in [0.29, 0.717) is 22.9 Å². The molecule has 2 aromatic rings. The highest BCUT2D eigenvalue weighted by atomic mass is 79.9. The molecule has 3 rings (SSSR count). The van der Waals surface area contributed by atoms with E-state index in [4.69, 9.17) is 5.26 Å². The first-order valence-corrected chi connectivity index (χ1v) is 7.51. The molecule has 2 aromatic carbocycles. The largest absolute Gasteiger partial charge is 0.506 e. The standard InChI is InChI=1S/C16H11BrN4O2/c17-11-3-1-2-4-13(11)21-15(23)9-19-16(21)20-12-6-5-10(8-18)7-14(12)22/h1-7,22H,9H2,(H,19,20). The van der Waals surface area contributed by atoms with Crippen LogP contribution < -0.4 is 10.2 Å². The van der Waals surface area contributed by atoms with Gasteiger partial charge in [-0.05, 0) is 46.3 Å². The van der Waals surface area contributed by atoms with E-state index in [9.17, 15) is 9.90 Å². The number of hydrogen-bond donors (Lipinski definition) is 2. The number of aliphatic imine (C=N–C) groups is 1. The number of guanidine groups is 1. The molecule has 0 atom stereocenters. The van der Waals surface area contributed by atoms with Crippen molar-refractivity contribution in [3.05, 3.63) is 52.5 Å². The summed E-state index contributed by atoms with van der Waals surface area (Å²) in [7, 11) is 0. The van der Waals surface area contributed by atoms with Gasteiger partial charge in [0.1, 0.15) is 12.3 Å². The summed E-state index contributed by atoms with van der Waals surface area (Å²) in [5, 5.41) is 21.8. The molecule has 114 valence electrons. The average molecular weight is 371 g/mol. The highest BCUT2D eigenvalue weighted by Gasteiger charge is 2.29. The highest BCUT2D eigenvalue weighted by molar-refractivity contribution is 9.10. The van der Waals surface area contributed by atoms with E-state index in [-0.39, 0.29) is 18.2 Å². The zero-order chi connectivity index (χ0) is 16.4. The first kappa shape index (κ1) is 15.1. The summed E-state index contributed by atoms with van der Waals surface area (Å²) >= 11 is 3.42. The van der Waals surface area contributed by atoms with Crippen molar-refractivity contribution < 1.29 is 9.90 Å². The molecule has 0 radical (unpaired) electrons. The molecule has 1 amide bonds. The van der Waals surface area contributed by atoms with Crippen LogP contribution in [0, 0.1) is 11.3 Å². The van der Waals surface area contributed by atoms with Crippen LogP contribution in [0.15, 0.2) is 51.9 Å². The Morgan fingerprint density at radius 1 is 1.30 bits per heavy atom. The van der Waals surface area contributed by atoms with E-state index in [1.807, 2.05) is 24.3 Å². The third kappa shape index (κ3) is 2.89. The molecule has 23 heavy (non-hydrogen) atoms. The fraction of sp³-hybridized carbons (Fsp3) is 0.0625. The lowest BCUT2D eigenvalue weighted by Gasteiger charge is -2.21. The number of rotatable bonds is 2. The number of halogens is 1. The number of para-hydroxylation sites is 1. The smallest absolute Gasteiger partial charge is 0.255 e. The lowest BCUT2D eigenvalue weighted by atomic mass is 10.2. The van der Waals surface area contributed by atoms with Crippen molar-refractivity contribution >= 4 is 39.2 Å². The lowest BCUT2D eigenvalue weighted by Crippen LogP contribution is -2.37. The molecule has 0 aromatic heterocycles. The monoisotopic (exact) mass is 370 g/mol. The number of benzene rings is 2. The van der Waals surface area contributed by atoms with E-state index in [1.54, 1.807) is 18.2 Å². The molecule has 0 aliphatic carbocycles. The van der Waals surface area contributed by atoms with Gasteiger partial charge in [0.25, 0.3) is 5.91 Å². The summed E-state index contributed by atoms with van der Waals surface area (Å²) in [6, 6.07) is 13.7. The molecule has 0 saturated heterocycles. The molecular weight excluding hydrogens is 360 g/mol. The van der Waals surface area contributed by atoms with Gasteiger partial charge in [-0.2, -0.15) is 5.26 Å². The molecule has 7 heteroatoms. The van der Waals surface area contributed by atoms with Gasteiger partial charge in [-0.1, -0.05) is 12.1 Å². The molecule has 0 fully saturated rings. The molecule has 6 nitrogen and oxygen atoms in total. The second kappa shape index (κ2) is 6.10. The summed E-state index contributed by atoms with van der Waals surface area (Å²) in [6.45, 7) is 0.0285. The van der Waals surface area contributed by atoms with Crippen molar-refractivity contribution in [2.45, 2.75) is 0 Å². The van der Waals surface area contributed by atoms with Gasteiger partial charge in [0.2, 0.25) is 5.96 Å². The van der Waals surface area contributed by atoms with Crippen LogP contribution in [0.25, 0.3) is 0 Å². The molecule has 0 unspecified atom stereocenters. The summed E-state index contributed by atoms with van der Waals surface area (Å²) in [4.78, 5) is 17.8. The van der Waals surface area contributed by atoms with Crippen molar-refractivity contribution in [2.24, 2.45) is 4.99 Å². The molecular formula is C16H11BrN4O2. The van der Waals surface area contributed by atoms with E-state index in [2.05, 4.69) is 26.2 Å². The Bertz CT molecular complexity index is 857. The Hall–Kier alpha value is -2.85. The Kier molecular flexibility index (Phi) is 4.00. The maximum Gasteiger partial charge on any atom is 0.255 e. The van der Waals surface area contributed by atoms with Crippen molar-refractivity contribution in [2.75, 3.05) is 16.8 Å². The molecule has 1 aliphatic heterocycles. The molecule has 1 heterocycles. The number of nitriles is 1. The number of aromatic hydroxyl groups is 1. The molecule has 1 aliphatic rings. The minimum absolute atomic E-state index is 0.0285. The van der Waals surface area contributed by atoms with Crippen LogP contribution >= 0.6 is 15.9 Å². The number of phenolic OH excluding ortho intramolecular Hbond substituents is 1.